The number of anilines is 2. The third kappa shape index (κ3) is 5.66. The molecule has 1 aliphatic heterocycles. The summed E-state index contributed by atoms with van der Waals surface area (Å²) in [5.74, 6) is -0.996. The largest absolute Gasteiger partial charge is 0.573 e. The van der Waals surface area contributed by atoms with Crippen molar-refractivity contribution in [3.8, 4) is 5.75 Å². The van der Waals surface area contributed by atoms with Crippen LogP contribution < -0.4 is 15.4 Å². The molecule has 28 heavy (non-hydrogen) atoms. The second-order valence-electron chi connectivity index (χ2n) is 6.11. The summed E-state index contributed by atoms with van der Waals surface area (Å²) in [6.45, 7) is 0. The fourth-order valence-electron chi connectivity index (χ4n) is 2.79. The van der Waals surface area contributed by atoms with E-state index >= 15 is 0 Å². The maximum atomic E-state index is 12.3. The molecule has 1 atom stereocenters. The van der Waals surface area contributed by atoms with Crippen LogP contribution in [0.25, 0.3) is 0 Å². The number of alkyl halides is 3. The minimum atomic E-state index is -4.80. The predicted molar refractivity (Wildman–Crippen MR) is 101 cm³/mol. The summed E-state index contributed by atoms with van der Waals surface area (Å²) in [4.78, 5) is 24.5. The number of fused-ring (bicyclic) bond motifs is 1. The Morgan fingerprint density at radius 2 is 2.00 bits per heavy atom. The molecule has 3 rings (SSSR count). The molecule has 1 aliphatic rings. The molecule has 0 bridgehead atoms. The summed E-state index contributed by atoms with van der Waals surface area (Å²) in [6.07, 6.45) is -3.50. The molecule has 5 nitrogen and oxygen atoms in total. The number of carbonyl (C=O) groups is 2. The van der Waals surface area contributed by atoms with Crippen molar-refractivity contribution in [3.63, 3.8) is 0 Å². The van der Waals surface area contributed by atoms with Crippen molar-refractivity contribution < 1.29 is 27.5 Å². The van der Waals surface area contributed by atoms with E-state index in [2.05, 4.69) is 15.4 Å². The van der Waals surface area contributed by atoms with Crippen molar-refractivity contribution in [1.82, 2.24) is 0 Å². The molecule has 2 N–H and O–H groups in total. The Kier molecular flexibility index (Phi) is 6.13. The minimum absolute atomic E-state index is 0.00120. The topological polar surface area (TPSA) is 67.4 Å². The van der Waals surface area contributed by atoms with Crippen LogP contribution in [-0.2, 0) is 16.0 Å². The van der Waals surface area contributed by atoms with E-state index < -0.39 is 23.3 Å². The van der Waals surface area contributed by atoms with Gasteiger partial charge in [-0.05, 0) is 36.6 Å². The van der Waals surface area contributed by atoms with E-state index in [1.54, 1.807) is 0 Å². The number of benzene rings is 2. The third-order valence-electron chi connectivity index (χ3n) is 4.01. The van der Waals surface area contributed by atoms with Crippen molar-refractivity contribution >= 4 is 35.0 Å². The summed E-state index contributed by atoms with van der Waals surface area (Å²) < 4.78 is 40.7. The standard InChI is InChI=1S/C19H17F3N2O3S/c20-19(21,22)27-14-6-3-5-13(10-14)23-17(25)11-28-16-9-8-12-4-1-2-7-15(12)24-18(16)26/h1-7,10,16H,8-9,11H2,(H,23,25)(H,24,26). The number of hydrogen-bond donors (Lipinski definition) is 2. The maximum absolute atomic E-state index is 12.3. The zero-order chi connectivity index (χ0) is 20.1. The molecule has 1 heterocycles. The monoisotopic (exact) mass is 410 g/mol. The van der Waals surface area contributed by atoms with E-state index in [1.807, 2.05) is 24.3 Å². The lowest BCUT2D eigenvalue weighted by molar-refractivity contribution is -0.274. The average Bonchev–Trinajstić information content (AvgIpc) is 2.77. The van der Waals surface area contributed by atoms with Crippen molar-refractivity contribution in [3.05, 3.63) is 54.1 Å². The quantitative estimate of drug-likeness (QED) is 0.775. The Morgan fingerprint density at radius 1 is 1.21 bits per heavy atom. The van der Waals surface area contributed by atoms with Gasteiger partial charge >= 0.3 is 6.36 Å². The second kappa shape index (κ2) is 8.55. The summed E-state index contributed by atoms with van der Waals surface area (Å²) in [5, 5.41) is 4.99. The Morgan fingerprint density at radius 3 is 2.79 bits per heavy atom. The highest BCUT2D eigenvalue weighted by atomic mass is 32.2. The number of aryl methyl sites for hydroxylation is 1. The normalized spacial score (nSPS) is 16.5. The van der Waals surface area contributed by atoms with Crippen LogP contribution in [0.4, 0.5) is 24.5 Å². The fourth-order valence-corrected chi connectivity index (χ4v) is 3.71. The first-order valence-electron chi connectivity index (χ1n) is 8.46. The van der Waals surface area contributed by atoms with E-state index in [9.17, 15) is 22.8 Å². The fraction of sp³-hybridized carbons (Fsp3) is 0.263. The Balaban J connectivity index is 1.53. The van der Waals surface area contributed by atoms with Crippen LogP contribution in [0.1, 0.15) is 12.0 Å². The van der Waals surface area contributed by atoms with Gasteiger partial charge in [-0.1, -0.05) is 24.3 Å². The van der Waals surface area contributed by atoms with Crippen LogP contribution in [0.15, 0.2) is 48.5 Å². The van der Waals surface area contributed by atoms with Crippen molar-refractivity contribution in [1.29, 1.82) is 0 Å². The molecular formula is C19H17F3N2O3S. The first kappa shape index (κ1) is 20.1. The van der Waals surface area contributed by atoms with E-state index in [4.69, 9.17) is 0 Å². The molecule has 0 aromatic heterocycles. The zero-order valence-electron chi connectivity index (χ0n) is 14.6. The zero-order valence-corrected chi connectivity index (χ0v) is 15.4. The van der Waals surface area contributed by atoms with E-state index in [1.165, 1.54) is 23.9 Å². The number of thioether (sulfide) groups is 1. The molecule has 1 unspecified atom stereocenters. The van der Waals surface area contributed by atoms with Crippen LogP contribution >= 0.6 is 11.8 Å². The molecule has 2 aromatic carbocycles. The number of rotatable bonds is 5. The van der Waals surface area contributed by atoms with Gasteiger partial charge in [-0.15, -0.1) is 24.9 Å². The van der Waals surface area contributed by atoms with Gasteiger partial charge in [-0.25, -0.2) is 0 Å². The maximum Gasteiger partial charge on any atom is 0.573 e. The number of ether oxygens (including phenoxy) is 1. The molecule has 0 aliphatic carbocycles. The summed E-state index contributed by atoms with van der Waals surface area (Å²) in [7, 11) is 0. The average molecular weight is 410 g/mol. The van der Waals surface area contributed by atoms with Gasteiger partial charge in [-0.3, -0.25) is 9.59 Å². The highest BCUT2D eigenvalue weighted by molar-refractivity contribution is 8.01. The van der Waals surface area contributed by atoms with Crippen LogP contribution in [0, 0.1) is 0 Å². The van der Waals surface area contributed by atoms with Crippen molar-refractivity contribution in [2.45, 2.75) is 24.5 Å². The Hall–Kier alpha value is -2.68. The van der Waals surface area contributed by atoms with Gasteiger partial charge < -0.3 is 15.4 Å². The van der Waals surface area contributed by atoms with Crippen LogP contribution in [0.2, 0.25) is 0 Å². The molecule has 0 saturated carbocycles. The molecule has 0 fully saturated rings. The first-order chi connectivity index (χ1) is 13.3. The molecule has 0 radical (unpaired) electrons. The highest BCUT2D eigenvalue weighted by Crippen LogP contribution is 2.28. The molecule has 148 valence electrons. The summed E-state index contributed by atoms with van der Waals surface area (Å²) >= 11 is 1.20. The van der Waals surface area contributed by atoms with Crippen molar-refractivity contribution in [2.24, 2.45) is 0 Å². The number of carbonyl (C=O) groups excluding carboxylic acids is 2. The van der Waals surface area contributed by atoms with Gasteiger partial charge in [0.25, 0.3) is 0 Å². The SMILES string of the molecule is O=C(CSC1CCc2ccccc2NC1=O)Nc1cccc(OC(F)(F)F)c1. The van der Waals surface area contributed by atoms with E-state index in [0.717, 1.165) is 23.4 Å². The van der Waals surface area contributed by atoms with Gasteiger partial charge in [0.05, 0.1) is 11.0 Å². The third-order valence-corrected chi connectivity index (χ3v) is 5.29. The summed E-state index contributed by atoms with van der Waals surface area (Å²) in [6, 6.07) is 12.6. The lowest BCUT2D eigenvalue weighted by Crippen LogP contribution is -2.26. The second-order valence-corrected chi connectivity index (χ2v) is 7.30. The molecule has 9 heteroatoms. The number of hydrogen-bond acceptors (Lipinski definition) is 4. The number of para-hydroxylation sites is 1. The van der Waals surface area contributed by atoms with Crippen LogP contribution in [0.3, 0.4) is 0 Å². The lowest BCUT2D eigenvalue weighted by Gasteiger charge is -2.13. The number of halogens is 3. The smallest absolute Gasteiger partial charge is 0.406 e. The summed E-state index contributed by atoms with van der Waals surface area (Å²) in [5.41, 5.74) is 2.01. The molecule has 2 amide bonds. The molecule has 0 saturated heterocycles. The van der Waals surface area contributed by atoms with Gasteiger partial charge in [-0.2, -0.15) is 0 Å². The number of nitrogens with one attached hydrogen (secondary N) is 2. The van der Waals surface area contributed by atoms with E-state index in [-0.39, 0.29) is 17.3 Å². The van der Waals surface area contributed by atoms with Crippen LogP contribution in [-0.4, -0.2) is 29.2 Å². The van der Waals surface area contributed by atoms with Gasteiger partial charge in [0.1, 0.15) is 5.75 Å². The number of amides is 2. The van der Waals surface area contributed by atoms with Crippen molar-refractivity contribution in [2.75, 3.05) is 16.4 Å². The highest BCUT2D eigenvalue weighted by Gasteiger charge is 2.31. The Bertz CT molecular complexity index is 873. The van der Waals surface area contributed by atoms with Gasteiger partial charge in [0.15, 0.2) is 0 Å². The lowest BCUT2D eigenvalue weighted by atomic mass is 10.1. The van der Waals surface area contributed by atoms with Gasteiger partial charge in [0, 0.05) is 17.4 Å². The van der Waals surface area contributed by atoms with E-state index in [0.29, 0.717) is 12.8 Å². The van der Waals surface area contributed by atoms with Gasteiger partial charge in [0.2, 0.25) is 11.8 Å². The molecular weight excluding hydrogens is 393 g/mol. The molecule has 0 spiro atoms. The first-order valence-corrected chi connectivity index (χ1v) is 9.51. The minimum Gasteiger partial charge on any atom is -0.406 e. The molecule has 2 aromatic rings. The Labute approximate surface area is 163 Å². The predicted octanol–water partition coefficient (Wildman–Crippen LogP) is 4.21. The van der Waals surface area contributed by atoms with Crippen LogP contribution in [0.5, 0.6) is 5.75 Å².